The summed E-state index contributed by atoms with van der Waals surface area (Å²) in [6.07, 6.45) is 0.291. The Kier molecular flexibility index (Phi) is 5.11. The molecule has 0 aromatic heterocycles. The lowest BCUT2D eigenvalue weighted by molar-refractivity contribution is -1.02. The number of aliphatic hydroxyl groups excluding tert-OH is 1. The van der Waals surface area contributed by atoms with Gasteiger partial charge >= 0.3 is 0 Å². The van der Waals surface area contributed by atoms with Gasteiger partial charge in [0, 0.05) is 4.47 Å². The van der Waals surface area contributed by atoms with Gasteiger partial charge in [0.25, 0.3) is 5.91 Å². The summed E-state index contributed by atoms with van der Waals surface area (Å²) in [6.45, 7) is 4.57. The van der Waals surface area contributed by atoms with Gasteiger partial charge < -0.3 is 14.9 Å². The van der Waals surface area contributed by atoms with Crippen molar-refractivity contribution in [2.45, 2.75) is 12.5 Å². The number of piperazine rings is 1. The van der Waals surface area contributed by atoms with Crippen LogP contribution in [0.15, 0.2) is 28.7 Å². The zero-order valence-corrected chi connectivity index (χ0v) is 14.5. The third-order valence-electron chi connectivity index (χ3n) is 4.79. The number of carbonyl (C=O) groups excluding carboxylic acids is 2. The quantitative estimate of drug-likeness (QED) is 0.519. The van der Waals surface area contributed by atoms with Gasteiger partial charge in [-0.05, 0) is 24.3 Å². The number of amides is 2. The molecule has 6 nitrogen and oxygen atoms in total. The Balaban J connectivity index is 1.68. The molecule has 124 valence electrons. The van der Waals surface area contributed by atoms with Crippen LogP contribution < -0.4 is 14.7 Å². The molecule has 2 amide bonds. The van der Waals surface area contributed by atoms with E-state index >= 15 is 0 Å². The van der Waals surface area contributed by atoms with Crippen molar-refractivity contribution < 1.29 is 24.5 Å². The van der Waals surface area contributed by atoms with E-state index in [9.17, 15) is 9.59 Å². The molecule has 0 spiro atoms. The summed E-state index contributed by atoms with van der Waals surface area (Å²) < 4.78 is 0.922. The molecule has 0 saturated carbocycles. The fourth-order valence-corrected chi connectivity index (χ4v) is 3.76. The van der Waals surface area contributed by atoms with Crippen LogP contribution in [0.4, 0.5) is 5.69 Å². The molecule has 7 heteroatoms. The van der Waals surface area contributed by atoms with Crippen molar-refractivity contribution in [1.29, 1.82) is 0 Å². The summed E-state index contributed by atoms with van der Waals surface area (Å²) in [6, 6.07) is 7.00. The Morgan fingerprint density at radius 3 is 2.39 bits per heavy atom. The second kappa shape index (κ2) is 7.09. The number of nitrogens with one attached hydrogen (secondary N) is 2. The zero-order valence-electron chi connectivity index (χ0n) is 12.9. The van der Waals surface area contributed by atoms with Gasteiger partial charge in [-0.15, -0.1) is 0 Å². The monoisotopic (exact) mass is 383 g/mol. The number of nitrogens with zero attached hydrogens (tertiary/aromatic N) is 1. The normalized spacial score (nSPS) is 28.4. The minimum Gasteiger partial charge on any atom is -0.391 e. The van der Waals surface area contributed by atoms with Crippen LogP contribution in [0.25, 0.3) is 0 Å². The second-order valence-corrected chi connectivity index (χ2v) is 7.10. The van der Waals surface area contributed by atoms with E-state index in [1.165, 1.54) is 14.7 Å². The molecule has 0 radical (unpaired) electrons. The van der Waals surface area contributed by atoms with Crippen LogP contribution in [-0.2, 0) is 9.59 Å². The molecule has 1 aromatic rings. The standard InChI is InChI=1S/C16H20BrN3O3/c17-12-1-3-13(4-2-12)20-15(22)11-14(16(20)23)19-7-5-18(6-8-19)9-10-21/h1-4,14,21H,5-11H2/p+2/t14-/m0/s1. The minimum absolute atomic E-state index is 0.0852. The van der Waals surface area contributed by atoms with Gasteiger partial charge in [0.1, 0.15) is 32.7 Å². The van der Waals surface area contributed by atoms with E-state index in [4.69, 9.17) is 5.11 Å². The maximum Gasteiger partial charge on any atom is 0.292 e. The lowest BCUT2D eigenvalue weighted by Gasteiger charge is -2.31. The predicted octanol–water partition coefficient (Wildman–Crippen LogP) is -2.14. The first kappa shape index (κ1) is 16.6. The second-order valence-electron chi connectivity index (χ2n) is 6.18. The molecule has 0 unspecified atom stereocenters. The first-order valence-corrected chi connectivity index (χ1v) is 8.81. The smallest absolute Gasteiger partial charge is 0.292 e. The maximum absolute atomic E-state index is 12.7. The number of rotatable bonds is 4. The molecular weight excluding hydrogens is 362 g/mol. The number of imide groups is 1. The Bertz CT molecular complexity index is 585. The van der Waals surface area contributed by atoms with Crippen molar-refractivity contribution in [1.82, 2.24) is 0 Å². The van der Waals surface area contributed by atoms with Crippen molar-refractivity contribution in [2.24, 2.45) is 0 Å². The van der Waals surface area contributed by atoms with Crippen LogP contribution in [-0.4, -0.2) is 62.3 Å². The van der Waals surface area contributed by atoms with Crippen LogP contribution in [0.3, 0.4) is 0 Å². The third kappa shape index (κ3) is 3.47. The molecule has 2 fully saturated rings. The average Bonchev–Trinajstić information content (AvgIpc) is 2.84. The van der Waals surface area contributed by atoms with Crippen LogP contribution in [0, 0.1) is 0 Å². The van der Waals surface area contributed by atoms with Crippen molar-refractivity contribution in [2.75, 3.05) is 44.2 Å². The van der Waals surface area contributed by atoms with Crippen LogP contribution >= 0.6 is 15.9 Å². The molecule has 0 aliphatic carbocycles. The van der Waals surface area contributed by atoms with Gasteiger partial charge in [-0.1, -0.05) is 15.9 Å². The average molecular weight is 384 g/mol. The number of anilines is 1. The molecule has 2 aliphatic rings. The summed E-state index contributed by atoms with van der Waals surface area (Å²) in [5.41, 5.74) is 0.648. The van der Waals surface area contributed by atoms with Gasteiger partial charge in [0.15, 0.2) is 6.04 Å². The Morgan fingerprint density at radius 2 is 1.78 bits per heavy atom. The number of quaternary nitrogens is 2. The van der Waals surface area contributed by atoms with Crippen LogP contribution in [0.1, 0.15) is 6.42 Å². The number of hydrogen-bond donors (Lipinski definition) is 3. The molecule has 2 saturated heterocycles. The van der Waals surface area contributed by atoms with Crippen molar-refractivity contribution >= 4 is 33.4 Å². The topological polar surface area (TPSA) is 66.5 Å². The lowest BCUT2D eigenvalue weighted by atomic mass is 10.1. The SMILES string of the molecule is O=C1C[C@H]([NH+]2CC[NH+](CCO)CC2)C(=O)N1c1ccc(Br)cc1. The van der Waals surface area contributed by atoms with E-state index in [-0.39, 0.29) is 24.5 Å². The fourth-order valence-electron chi connectivity index (χ4n) is 3.49. The molecule has 3 rings (SSSR count). The van der Waals surface area contributed by atoms with E-state index < -0.39 is 0 Å². The van der Waals surface area contributed by atoms with E-state index in [0.717, 1.165) is 37.2 Å². The highest BCUT2D eigenvalue weighted by atomic mass is 79.9. The van der Waals surface area contributed by atoms with Crippen molar-refractivity contribution in [3.8, 4) is 0 Å². The molecule has 2 aliphatic heterocycles. The molecule has 2 heterocycles. The van der Waals surface area contributed by atoms with E-state index in [1.807, 2.05) is 12.1 Å². The summed E-state index contributed by atoms with van der Waals surface area (Å²) >= 11 is 3.36. The van der Waals surface area contributed by atoms with Gasteiger partial charge in [-0.3, -0.25) is 9.59 Å². The highest BCUT2D eigenvalue weighted by Gasteiger charge is 2.46. The minimum atomic E-state index is -0.262. The highest BCUT2D eigenvalue weighted by Crippen LogP contribution is 2.23. The number of hydrogen-bond acceptors (Lipinski definition) is 3. The van der Waals surface area contributed by atoms with Crippen molar-refractivity contribution in [3.05, 3.63) is 28.7 Å². The summed E-state index contributed by atoms with van der Waals surface area (Å²) in [5.74, 6) is -0.196. The molecule has 1 aromatic carbocycles. The molecular formula is C16H22BrN3O3+2. The molecule has 3 N–H and O–H groups in total. The van der Waals surface area contributed by atoms with Crippen LogP contribution in [0.2, 0.25) is 0 Å². The lowest BCUT2D eigenvalue weighted by Crippen LogP contribution is -3.30. The molecule has 1 atom stereocenters. The number of aliphatic hydroxyl groups is 1. The first-order chi connectivity index (χ1) is 11.1. The summed E-state index contributed by atoms with van der Waals surface area (Å²) in [7, 11) is 0. The zero-order chi connectivity index (χ0) is 16.4. The van der Waals surface area contributed by atoms with Gasteiger partial charge in [-0.2, -0.15) is 0 Å². The van der Waals surface area contributed by atoms with Gasteiger partial charge in [-0.25, -0.2) is 4.90 Å². The number of halogens is 1. The van der Waals surface area contributed by atoms with Gasteiger partial charge in [0.2, 0.25) is 5.91 Å². The highest BCUT2D eigenvalue weighted by molar-refractivity contribution is 9.10. The fraction of sp³-hybridized carbons (Fsp3) is 0.500. The van der Waals surface area contributed by atoms with Crippen molar-refractivity contribution in [3.63, 3.8) is 0 Å². The van der Waals surface area contributed by atoms with E-state index in [1.54, 1.807) is 12.1 Å². The van der Waals surface area contributed by atoms with Crippen LogP contribution in [0.5, 0.6) is 0 Å². The summed E-state index contributed by atoms with van der Waals surface area (Å²) in [4.78, 5) is 29.0. The summed E-state index contributed by atoms with van der Waals surface area (Å²) in [5, 5.41) is 9.02. The number of carbonyl (C=O) groups is 2. The molecule has 23 heavy (non-hydrogen) atoms. The first-order valence-electron chi connectivity index (χ1n) is 8.01. The Hall–Kier alpha value is -1.28. The largest absolute Gasteiger partial charge is 0.391 e. The van der Waals surface area contributed by atoms with E-state index in [2.05, 4.69) is 15.9 Å². The molecule has 0 bridgehead atoms. The third-order valence-corrected chi connectivity index (χ3v) is 5.32. The van der Waals surface area contributed by atoms with E-state index in [0.29, 0.717) is 12.1 Å². The Morgan fingerprint density at radius 1 is 1.13 bits per heavy atom. The number of benzene rings is 1. The maximum atomic E-state index is 12.7. The van der Waals surface area contributed by atoms with Gasteiger partial charge in [0.05, 0.1) is 18.7 Å². The predicted molar refractivity (Wildman–Crippen MR) is 88.4 cm³/mol. The Labute approximate surface area is 143 Å².